The van der Waals surface area contributed by atoms with Crippen molar-refractivity contribution >= 4 is 32.2 Å². The summed E-state index contributed by atoms with van der Waals surface area (Å²) < 4.78 is 32.7. The van der Waals surface area contributed by atoms with Crippen molar-refractivity contribution in [3.8, 4) is 12.1 Å². The van der Waals surface area contributed by atoms with Crippen molar-refractivity contribution in [1.29, 1.82) is 10.5 Å². The standard InChI is InChI=1S/C29H22N4O3S/c1-29(2)26(15-11-21(17-30)27(24(18-31)32-3)19-8-6-5-7-9-19)33(4)25-14-10-20-16-22(37(34,35)36)12-13-23(20)28(25)29/h5-16H,1-2,4H3,(H,34,35,36). The normalized spacial score (nSPS) is 16.5. The van der Waals surface area contributed by atoms with Crippen LogP contribution >= 0.6 is 0 Å². The van der Waals surface area contributed by atoms with E-state index < -0.39 is 15.5 Å². The third-order valence-electron chi connectivity index (χ3n) is 6.57. The molecule has 0 fully saturated rings. The van der Waals surface area contributed by atoms with Crippen LogP contribution < -0.4 is 4.90 Å². The van der Waals surface area contributed by atoms with Gasteiger partial charge in [-0.3, -0.25) is 4.55 Å². The van der Waals surface area contributed by atoms with Crippen LogP contribution in [0, 0.1) is 29.2 Å². The molecule has 1 aliphatic rings. The van der Waals surface area contributed by atoms with Gasteiger partial charge < -0.3 is 4.90 Å². The summed E-state index contributed by atoms with van der Waals surface area (Å²) in [5, 5.41) is 21.1. The van der Waals surface area contributed by atoms with Gasteiger partial charge in [-0.15, -0.1) is 0 Å². The van der Waals surface area contributed by atoms with Gasteiger partial charge in [0.1, 0.15) is 0 Å². The second kappa shape index (κ2) is 9.41. The van der Waals surface area contributed by atoms with Gasteiger partial charge in [0.15, 0.2) is 0 Å². The smallest absolute Gasteiger partial charge is 0.294 e. The number of hydrogen-bond acceptors (Lipinski definition) is 5. The van der Waals surface area contributed by atoms with Crippen LogP contribution in [0.1, 0.15) is 25.0 Å². The summed E-state index contributed by atoms with van der Waals surface area (Å²) in [4.78, 5) is 5.18. The first kappa shape index (κ1) is 25.4. The number of anilines is 1. The zero-order valence-electron chi connectivity index (χ0n) is 20.4. The van der Waals surface area contributed by atoms with Crippen LogP contribution in [0.5, 0.6) is 0 Å². The van der Waals surface area contributed by atoms with E-state index in [4.69, 9.17) is 6.57 Å². The molecule has 37 heavy (non-hydrogen) atoms. The number of benzene rings is 3. The molecule has 1 heterocycles. The molecule has 8 heteroatoms. The molecule has 0 spiro atoms. The molecule has 0 saturated heterocycles. The van der Waals surface area contributed by atoms with Crippen LogP contribution in [-0.2, 0) is 15.5 Å². The molecule has 3 aromatic carbocycles. The number of fused-ring (bicyclic) bond motifs is 3. The van der Waals surface area contributed by atoms with Crippen molar-refractivity contribution in [2.45, 2.75) is 24.2 Å². The van der Waals surface area contributed by atoms with E-state index in [9.17, 15) is 23.5 Å². The zero-order valence-corrected chi connectivity index (χ0v) is 21.2. The van der Waals surface area contributed by atoms with Gasteiger partial charge in [0.25, 0.3) is 15.8 Å². The van der Waals surface area contributed by atoms with Gasteiger partial charge >= 0.3 is 0 Å². The number of allylic oxidation sites excluding steroid dienone is 6. The van der Waals surface area contributed by atoms with Crippen LogP contribution in [0.25, 0.3) is 21.2 Å². The number of hydrogen-bond donors (Lipinski definition) is 1. The quantitative estimate of drug-likeness (QED) is 0.201. The molecule has 0 radical (unpaired) electrons. The maximum absolute atomic E-state index is 11.6. The first-order valence-electron chi connectivity index (χ1n) is 11.2. The molecule has 0 aromatic heterocycles. The number of likely N-dealkylation sites (N-methyl/N-ethyl adjacent to an activating group) is 1. The Kier molecular flexibility index (Phi) is 6.46. The van der Waals surface area contributed by atoms with Gasteiger partial charge in [-0.1, -0.05) is 56.3 Å². The van der Waals surface area contributed by atoms with Crippen molar-refractivity contribution in [3.05, 3.63) is 112 Å². The first-order chi connectivity index (χ1) is 17.5. The summed E-state index contributed by atoms with van der Waals surface area (Å²) in [6.45, 7) is 11.5. The maximum Gasteiger partial charge on any atom is 0.294 e. The van der Waals surface area contributed by atoms with Crippen LogP contribution in [0.15, 0.2) is 94.7 Å². The molecule has 0 unspecified atom stereocenters. The van der Waals surface area contributed by atoms with Crippen LogP contribution in [-0.4, -0.2) is 20.0 Å². The zero-order chi connectivity index (χ0) is 27.0. The molecular formula is C29H22N4O3S. The van der Waals surface area contributed by atoms with E-state index in [1.807, 2.05) is 50.1 Å². The van der Waals surface area contributed by atoms with Gasteiger partial charge in [0.05, 0.1) is 29.2 Å². The van der Waals surface area contributed by atoms with Crippen LogP contribution in [0.3, 0.4) is 0 Å². The average molecular weight is 507 g/mol. The Morgan fingerprint density at radius 3 is 2.38 bits per heavy atom. The topological polar surface area (TPSA) is 110 Å². The fourth-order valence-corrected chi connectivity index (χ4v) is 5.41. The van der Waals surface area contributed by atoms with Gasteiger partial charge in [0, 0.05) is 29.4 Å². The predicted octanol–water partition coefficient (Wildman–Crippen LogP) is 6.00. The highest BCUT2D eigenvalue weighted by Crippen LogP contribution is 2.50. The molecule has 182 valence electrons. The summed E-state index contributed by atoms with van der Waals surface area (Å²) >= 11 is 0. The van der Waals surface area contributed by atoms with Crippen molar-refractivity contribution in [3.63, 3.8) is 0 Å². The Hall–Kier alpha value is -4.68. The summed E-state index contributed by atoms with van der Waals surface area (Å²) in [5.41, 5.74) is 3.14. The largest absolute Gasteiger partial charge is 0.347 e. The molecule has 0 saturated carbocycles. The average Bonchev–Trinajstić information content (AvgIpc) is 3.08. The minimum Gasteiger partial charge on any atom is -0.347 e. The lowest BCUT2D eigenvalue weighted by Gasteiger charge is -2.24. The van der Waals surface area contributed by atoms with E-state index in [2.05, 4.69) is 10.9 Å². The lowest BCUT2D eigenvalue weighted by molar-refractivity contribution is 0.483. The van der Waals surface area contributed by atoms with Crippen molar-refractivity contribution in [2.24, 2.45) is 0 Å². The Morgan fingerprint density at radius 2 is 1.78 bits per heavy atom. The maximum atomic E-state index is 11.6. The van der Waals surface area contributed by atoms with E-state index in [0.717, 1.165) is 22.3 Å². The Labute approximate surface area is 216 Å². The third kappa shape index (κ3) is 4.39. The highest BCUT2D eigenvalue weighted by molar-refractivity contribution is 7.85. The fourth-order valence-electron chi connectivity index (χ4n) is 4.89. The molecule has 1 aliphatic heterocycles. The van der Waals surface area contributed by atoms with Gasteiger partial charge in [-0.2, -0.15) is 13.7 Å². The van der Waals surface area contributed by atoms with Crippen LogP contribution in [0.4, 0.5) is 5.69 Å². The Balaban J connectivity index is 1.89. The molecular weight excluding hydrogens is 484 g/mol. The van der Waals surface area contributed by atoms with Gasteiger partial charge in [0.2, 0.25) is 0 Å². The Morgan fingerprint density at radius 1 is 1.08 bits per heavy atom. The summed E-state index contributed by atoms with van der Waals surface area (Å²) in [5.74, 6) is 0. The first-order valence-corrected chi connectivity index (χ1v) is 12.7. The SMILES string of the molecule is [C-]#[N+]C(C#N)=C(C(C#N)=CC=C1N(C)c2ccc3cc(S(=O)(=O)O)ccc3c2C1(C)C)c1ccccc1. The summed E-state index contributed by atoms with van der Waals surface area (Å²) in [6.07, 6.45) is 3.45. The van der Waals surface area contributed by atoms with E-state index in [-0.39, 0.29) is 21.7 Å². The minimum absolute atomic E-state index is 0.166. The van der Waals surface area contributed by atoms with Crippen molar-refractivity contribution < 1.29 is 13.0 Å². The van der Waals surface area contributed by atoms with Gasteiger partial charge in [-0.05, 0) is 52.3 Å². The fraction of sp³-hybridized carbons (Fsp3) is 0.138. The number of rotatable bonds is 4. The third-order valence-corrected chi connectivity index (χ3v) is 7.42. The van der Waals surface area contributed by atoms with E-state index in [0.29, 0.717) is 10.9 Å². The lowest BCUT2D eigenvalue weighted by atomic mass is 9.81. The van der Waals surface area contributed by atoms with E-state index >= 15 is 0 Å². The molecule has 0 bridgehead atoms. The van der Waals surface area contributed by atoms with Crippen LogP contribution in [0.2, 0.25) is 0 Å². The monoisotopic (exact) mass is 506 g/mol. The summed E-state index contributed by atoms with van der Waals surface area (Å²) in [7, 11) is -2.42. The number of nitrogens with zero attached hydrogens (tertiary/aromatic N) is 4. The molecule has 0 aliphatic carbocycles. The molecule has 1 N–H and O–H groups in total. The molecule has 4 rings (SSSR count). The second-order valence-corrected chi connectivity index (χ2v) is 10.5. The van der Waals surface area contributed by atoms with Crippen molar-refractivity contribution in [2.75, 3.05) is 11.9 Å². The summed E-state index contributed by atoms with van der Waals surface area (Å²) in [6, 6.07) is 21.2. The second-order valence-electron chi connectivity index (χ2n) is 9.06. The Bertz CT molecular complexity index is 1750. The molecule has 0 atom stereocenters. The van der Waals surface area contributed by atoms with Crippen molar-refractivity contribution in [1.82, 2.24) is 0 Å². The lowest BCUT2D eigenvalue weighted by Crippen LogP contribution is -2.22. The molecule has 3 aromatic rings. The minimum atomic E-state index is -4.33. The highest BCUT2D eigenvalue weighted by atomic mass is 32.2. The highest BCUT2D eigenvalue weighted by Gasteiger charge is 2.39. The van der Waals surface area contributed by atoms with E-state index in [1.54, 1.807) is 42.5 Å². The number of nitriles is 2. The molecule has 0 amide bonds. The predicted molar refractivity (Wildman–Crippen MR) is 143 cm³/mol. The van der Waals surface area contributed by atoms with E-state index in [1.165, 1.54) is 12.1 Å². The van der Waals surface area contributed by atoms with Gasteiger partial charge in [-0.25, -0.2) is 10.1 Å². The molecule has 7 nitrogen and oxygen atoms in total.